The third-order valence-corrected chi connectivity index (χ3v) is 2.89. The van der Waals surface area contributed by atoms with Crippen LogP contribution in [0.15, 0.2) is 18.2 Å². The van der Waals surface area contributed by atoms with Crippen molar-refractivity contribution in [2.24, 2.45) is 7.05 Å². The normalized spacial score (nSPS) is 14.1. The van der Waals surface area contributed by atoms with Gasteiger partial charge < -0.3 is 10.6 Å². The maximum Gasteiger partial charge on any atom is 0.254 e. The summed E-state index contributed by atoms with van der Waals surface area (Å²) in [5, 5.41) is 11.7. The van der Waals surface area contributed by atoms with Gasteiger partial charge in [-0.1, -0.05) is 6.07 Å². The van der Waals surface area contributed by atoms with Crippen molar-refractivity contribution in [3.8, 4) is 0 Å². The van der Waals surface area contributed by atoms with Crippen LogP contribution >= 0.6 is 0 Å². The molecule has 1 aliphatic heterocycles. The summed E-state index contributed by atoms with van der Waals surface area (Å²) in [4.78, 5) is 15.2. The number of tetrazole rings is 1. The lowest BCUT2D eigenvalue weighted by Gasteiger charge is -2.12. The van der Waals surface area contributed by atoms with Gasteiger partial charge in [0.15, 0.2) is 5.82 Å². The molecule has 2 heterocycles. The van der Waals surface area contributed by atoms with Crippen LogP contribution in [-0.4, -0.2) is 31.0 Å². The van der Waals surface area contributed by atoms with Gasteiger partial charge in [0.25, 0.3) is 5.91 Å². The van der Waals surface area contributed by atoms with Crippen molar-refractivity contribution >= 4 is 11.6 Å². The van der Waals surface area contributed by atoms with E-state index < -0.39 is 0 Å². The summed E-state index contributed by atoms with van der Waals surface area (Å²) in [5.74, 6) is 0.497. The molecule has 1 aromatic carbocycles. The Morgan fingerprint density at radius 2 is 2.28 bits per heavy atom. The zero-order chi connectivity index (χ0) is 12.7. The summed E-state index contributed by atoms with van der Waals surface area (Å²) < 4.78 is 0. The van der Waals surface area contributed by atoms with Crippen molar-refractivity contribution in [1.29, 1.82) is 0 Å². The van der Waals surface area contributed by atoms with E-state index in [2.05, 4.69) is 15.4 Å². The van der Waals surface area contributed by atoms with Gasteiger partial charge in [-0.05, 0) is 22.9 Å². The first kappa shape index (κ1) is 10.7. The second kappa shape index (κ2) is 3.80. The minimum atomic E-state index is -0.0373. The number of carbonyl (C=O) groups is 1. The van der Waals surface area contributed by atoms with E-state index in [4.69, 9.17) is 5.73 Å². The zero-order valence-corrected chi connectivity index (χ0v) is 9.87. The molecule has 0 saturated carbocycles. The van der Waals surface area contributed by atoms with Crippen LogP contribution in [0.4, 0.5) is 5.69 Å². The molecule has 2 aromatic rings. The minimum Gasteiger partial charge on any atom is -0.399 e. The Labute approximate surface area is 103 Å². The first-order chi connectivity index (χ1) is 8.63. The van der Waals surface area contributed by atoms with Crippen molar-refractivity contribution in [2.45, 2.75) is 13.1 Å². The molecule has 0 unspecified atom stereocenters. The first-order valence-corrected chi connectivity index (χ1v) is 5.54. The fourth-order valence-electron chi connectivity index (χ4n) is 2.06. The molecule has 0 atom stereocenters. The molecule has 3 rings (SSSR count). The van der Waals surface area contributed by atoms with Gasteiger partial charge in [-0.3, -0.25) is 4.79 Å². The number of aromatic nitrogens is 4. The summed E-state index contributed by atoms with van der Waals surface area (Å²) in [6.45, 7) is 0.925. The van der Waals surface area contributed by atoms with E-state index in [9.17, 15) is 4.79 Å². The van der Waals surface area contributed by atoms with E-state index in [0.29, 0.717) is 30.2 Å². The summed E-state index contributed by atoms with van der Waals surface area (Å²) >= 11 is 0. The maximum atomic E-state index is 12.1. The number of anilines is 1. The molecule has 0 saturated heterocycles. The van der Waals surface area contributed by atoms with Crippen molar-refractivity contribution in [3.63, 3.8) is 0 Å². The number of carbonyl (C=O) groups excluding carboxylic acids is 1. The highest BCUT2D eigenvalue weighted by atomic mass is 16.2. The fourth-order valence-corrected chi connectivity index (χ4v) is 2.06. The van der Waals surface area contributed by atoms with Crippen LogP contribution in [0.25, 0.3) is 0 Å². The monoisotopic (exact) mass is 244 g/mol. The predicted octanol–water partition coefficient (Wildman–Crippen LogP) is -0.0517. The quantitative estimate of drug-likeness (QED) is 0.748. The van der Waals surface area contributed by atoms with E-state index >= 15 is 0 Å². The molecule has 0 radical (unpaired) electrons. The van der Waals surface area contributed by atoms with Gasteiger partial charge in [0.1, 0.15) is 0 Å². The molecule has 0 bridgehead atoms. The van der Waals surface area contributed by atoms with Gasteiger partial charge in [-0.2, -0.15) is 4.80 Å². The Hall–Kier alpha value is -2.44. The summed E-state index contributed by atoms with van der Waals surface area (Å²) in [7, 11) is 1.69. The molecule has 2 N–H and O–H groups in total. The molecule has 7 heteroatoms. The molecule has 7 nitrogen and oxygen atoms in total. The standard InChI is InChI=1S/C11H12N6O/c1-16-14-10(13-15-16)6-17-5-7-2-3-8(12)4-9(7)11(17)18/h2-4H,5-6,12H2,1H3. The SMILES string of the molecule is Cn1nnc(CN2Cc3ccc(N)cc3C2=O)n1. The molecule has 1 aliphatic rings. The predicted molar refractivity (Wildman–Crippen MR) is 63.2 cm³/mol. The van der Waals surface area contributed by atoms with Crippen LogP contribution in [0.1, 0.15) is 21.7 Å². The van der Waals surface area contributed by atoms with Crippen LogP contribution in [0, 0.1) is 0 Å². The number of nitrogens with two attached hydrogens (primary N) is 1. The Bertz CT molecular complexity index is 620. The number of benzene rings is 1. The maximum absolute atomic E-state index is 12.1. The second-order valence-corrected chi connectivity index (χ2v) is 4.27. The van der Waals surface area contributed by atoms with E-state index in [1.54, 1.807) is 24.1 Å². The van der Waals surface area contributed by atoms with Gasteiger partial charge in [-0.25, -0.2) is 0 Å². The van der Waals surface area contributed by atoms with Crippen LogP contribution in [0.3, 0.4) is 0 Å². The number of fused-ring (bicyclic) bond motifs is 1. The number of nitrogens with zero attached hydrogens (tertiary/aromatic N) is 5. The number of amides is 1. The fraction of sp³-hybridized carbons (Fsp3) is 0.273. The highest BCUT2D eigenvalue weighted by molar-refractivity contribution is 5.99. The lowest BCUT2D eigenvalue weighted by molar-refractivity contribution is 0.0762. The van der Waals surface area contributed by atoms with Gasteiger partial charge >= 0.3 is 0 Å². The average molecular weight is 244 g/mol. The van der Waals surface area contributed by atoms with Crippen molar-refractivity contribution in [1.82, 2.24) is 25.1 Å². The Kier molecular flexibility index (Phi) is 2.26. The lowest BCUT2D eigenvalue weighted by atomic mass is 10.1. The zero-order valence-electron chi connectivity index (χ0n) is 9.87. The largest absolute Gasteiger partial charge is 0.399 e. The number of nitrogen functional groups attached to an aromatic ring is 1. The highest BCUT2D eigenvalue weighted by Crippen LogP contribution is 2.25. The van der Waals surface area contributed by atoms with Gasteiger partial charge in [0.2, 0.25) is 0 Å². The van der Waals surface area contributed by atoms with E-state index in [1.165, 1.54) is 4.80 Å². The number of hydrogen-bond acceptors (Lipinski definition) is 5. The third kappa shape index (κ3) is 1.69. The number of hydrogen-bond donors (Lipinski definition) is 1. The molecule has 18 heavy (non-hydrogen) atoms. The van der Waals surface area contributed by atoms with Crippen LogP contribution < -0.4 is 5.73 Å². The van der Waals surface area contributed by atoms with Crippen molar-refractivity contribution in [3.05, 3.63) is 35.2 Å². The van der Waals surface area contributed by atoms with Gasteiger partial charge in [0, 0.05) is 17.8 Å². The van der Waals surface area contributed by atoms with Crippen molar-refractivity contribution in [2.75, 3.05) is 5.73 Å². The van der Waals surface area contributed by atoms with E-state index in [-0.39, 0.29) is 5.91 Å². The highest BCUT2D eigenvalue weighted by Gasteiger charge is 2.28. The average Bonchev–Trinajstić information content (AvgIpc) is 2.86. The van der Waals surface area contributed by atoms with E-state index in [0.717, 1.165) is 5.56 Å². The van der Waals surface area contributed by atoms with Crippen LogP contribution in [0.2, 0.25) is 0 Å². The molecule has 92 valence electrons. The number of aryl methyl sites for hydroxylation is 1. The van der Waals surface area contributed by atoms with Gasteiger partial charge in [0.05, 0.1) is 13.6 Å². The Morgan fingerprint density at radius 3 is 3.00 bits per heavy atom. The lowest BCUT2D eigenvalue weighted by Crippen LogP contribution is -2.24. The Balaban J connectivity index is 1.84. The van der Waals surface area contributed by atoms with E-state index in [1.807, 2.05) is 6.07 Å². The van der Waals surface area contributed by atoms with Crippen LogP contribution in [0.5, 0.6) is 0 Å². The second-order valence-electron chi connectivity index (χ2n) is 4.27. The minimum absolute atomic E-state index is 0.0373. The van der Waals surface area contributed by atoms with Gasteiger partial charge in [-0.15, -0.1) is 10.2 Å². The molecular formula is C11H12N6O. The van der Waals surface area contributed by atoms with Crippen molar-refractivity contribution < 1.29 is 4.79 Å². The smallest absolute Gasteiger partial charge is 0.254 e. The first-order valence-electron chi connectivity index (χ1n) is 5.54. The topological polar surface area (TPSA) is 89.9 Å². The molecule has 0 aliphatic carbocycles. The molecule has 0 spiro atoms. The Morgan fingerprint density at radius 1 is 1.44 bits per heavy atom. The number of rotatable bonds is 2. The molecule has 0 fully saturated rings. The molecule has 1 aromatic heterocycles. The third-order valence-electron chi connectivity index (χ3n) is 2.89. The molecule has 1 amide bonds. The summed E-state index contributed by atoms with van der Waals surface area (Å²) in [6.07, 6.45) is 0. The summed E-state index contributed by atoms with van der Waals surface area (Å²) in [6, 6.07) is 5.39. The summed E-state index contributed by atoms with van der Waals surface area (Å²) in [5.41, 5.74) is 7.93. The molecular weight excluding hydrogens is 232 g/mol. The van der Waals surface area contributed by atoms with Crippen LogP contribution in [-0.2, 0) is 20.1 Å².